The zero-order valence-electron chi connectivity index (χ0n) is 13.0. The molecule has 1 aromatic carbocycles. The highest BCUT2D eigenvalue weighted by Crippen LogP contribution is 2.43. The van der Waals surface area contributed by atoms with Crippen molar-refractivity contribution >= 4 is 5.78 Å². The van der Waals surface area contributed by atoms with Crippen LogP contribution in [0.5, 0.6) is 5.75 Å². The molecule has 0 aromatic heterocycles. The van der Waals surface area contributed by atoms with E-state index in [1.54, 1.807) is 6.92 Å². The van der Waals surface area contributed by atoms with E-state index < -0.39 is 0 Å². The van der Waals surface area contributed by atoms with Crippen molar-refractivity contribution < 1.29 is 14.3 Å². The number of hydrogen-bond donors (Lipinski definition) is 0. The van der Waals surface area contributed by atoms with Crippen LogP contribution in [0, 0.1) is 6.92 Å². The van der Waals surface area contributed by atoms with E-state index in [1.807, 2.05) is 25.1 Å². The van der Waals surface area contributed by atoms with Crippen LogP contribution in [0.15, 0.2) is 18.2 Å². The molecule has 1 aliphatic heterocycles. The van der Waals surface area contributed by atoms with Gasteiger partial charge in [0, 0.05) is 0 Å². The van der Waals surface area contributed by atoms with Crippen molar-refractivity contribution in [3.63, 3.8) is 0 Å². The highest BCUT2D eigenvalue weighted by molar-refractivity contribution is 5.96. The molecule has 1 spiro atoms. The minimum Gasteiger partial charge on any atom is -0.490 e. The molecule has 0 N–H and O–H groups in total. The van der Waals surface area contributed by atoms with Gasteiger partial charge in [0.1, 0.15) is 12.4 Å². The molecular weight excluding hydrogens is 264 g/mol. The lowest BCUT2D eigenvalue weighted by molar-refractivity contribution is -0.0509. The average Bonchev–Trinajstić information content (AvgIpc) is 3.07. The molecular formula is C18H24O3. The molecule has 114 valence electrons. The van der Waals surface area contributed by atoms with Crippen molar-refractivity contribution in [2.75, 3.05) is 6.61 Å². The van der Waals surface area contributed by atoms with Gasteiger partial charge in [-0.3, -0.25) is 4.79 Å². The molecule has 0 bridgehead atoms. The molecule has 0 amide bonds. The van der Waals surface area contributed by atoms with E-state index >= 15 is 0 Å². The first kappa shape index (κ1) is 14.6. The minimum absolute atomic E-state index is 0.0459. The van der Waals surface area contributed by atoms with Crippen LogP contribution < -0.4 is 4.74 Å². The average molecular weight is 288 g/mol. The van der Waals surface area contributed by atoms with Crippen LogP contribution >= 0.6 is 0 Å². The van der Waals surface area contributed by atoms with Gasteiger partial charge in [0.25, 0.3) is 0 Å². The molecule has 3 heteroatoms. The number of Topliss-reactive ketones (excluding diaryl/α,β-unsaturated/α-hetero) is 1. The third kappa shape index (κ3) is 3.13. The topological polar surface area (TPSA) is 35.5 Å². The molecule has 1 aromatic rings. The number of aryl methyl sites for hydroxylation is 1. The van der Waals surface area contributed by atoms with Crippen molar-refractivity contribution in [3.8, 4) is 5.75 Å². The van der Waals surface area contributed by atoms with Crippen molar-refractivity contribution in [3.05, 3.63) is 29.3 Å². The molecule has 1 atom stereocenters. The monoisotopic (exact) mass is 288 g/mol. The maximum Gasteiger partial charge on any atom is 0.163 e. The Morgan fingerprint density at radius 3 is 2.81 bits per heavy atom. The fraction of sp³-hybridized carbons (Fsp3) is 0.611. The third-order valence-electron chi connectivity index (χ3n) is 4.79. The van der Waals surface area contributed by atoms with E-state index in [2.05, 4.69) is 0 Å². The Kier molecular flexibility index (Phi) is 4.03. The first-order valence-electron chi connectivity index (χ1n) is 8.00. The van der Waals surface area contributed by atoms with E-state index in [0.29, 0.717) is 17.9 Å². The van der Waals surface area contributed by atoms with Crippen molar-refractivity contribution in [1.82, 2.24) is 0 Å². The van der Waals surface area contributed by atoms with Crippen LogP contribution in [0.2, 0.25) is 0 Å². The second-order valence-electron chi connectivity index (χ2n) is 6.54. The highest BCUT2D eigenvalue weighted by atomic mass is 16.6. The van der Waals surface area contributed by atoms with Gasteiger partial charge in [-0.05, 0) is 57.2 Å². The summed E-state index contributed by atoms with van der Waals surface area (Å²) in [4.78, 5) is 11.7. The van der Waals surface area contributed by atoms with E-state index in [-0.39, 0.29) is 17.5 Å². The van der Waals surface area contributed by atoms with Gasteiger partial charge in [-0.25, -0.2) is 0 Å². The highest BCUT2D eigenvalue weighted by Gasteiger charge is 2.42. The molecule has 2 fully saturated rings. The summed E-state index contributed by atoms with van der Waals surface area (Å²) in [5, 5.41) is 0. The van der Waals surface area contributed by atoms with Gasteiger partial charge in [0.15, 0.2) is 5.78 Å². The Morgan fingerprint density at radius 2 is 2.10 bits per heavy atom. The lowest BCUT2D eigenvalue weighted by Gasteiger charge is -2.24. The first-order chi connectivity index (χ1) is 10.1. The predicted octanol–water partition coefficient (Wildman–Crippen LogP) is 4.07. The number of ketones is 1. The molecule has 0 radical (unpaired) electrons. The maximum atomic E-state index is 11.7. The van der Waals surface area contributed by atoms with Gasteiger partial charge >= 0.3 is 0 Å². The van der Waals surface area contributed by atoms with Crippen LogP contribution in [0.25, 0.3) is 0 Å². The normalized spacial score (nSPS) is 23.6. The second kappa shape index (κ2) is 5.80. The second-order valence-corrected chi connectivity index (χ2v) is 6.54. The molecule has 3 nitrogen and oxygen atoms in total. The number of carbonyl (C=O) groups is 1. The van der Waals surface area contributed by atoms with Gasteiger partial charge in [0.2, 0.25) is 0 Å². The third-order valence-corrected chi connectivity index (χ3v) is 4.79. The summed E-state index contributed by atoms with van der Waals surface area (Å²) in [6.07, 6.45) is 7.39. The standard InChI is InChI=1S/C18H24O3/c1-13-5-6-16(14(2)19)17(11-13)20-12-15-7-10-18(21-15)8-3-4-9-18/h5-6,11,15H,3-4,7-10,12H2,1-2H3. The summed E-state index contributed by atoms with van der Waals surface area (Å²) in [5.41, 5.74) is 1.91. The van der Waals surface area contributed by atoms with Crippen LogP contribution in [0.3, 0.4) is 0 Å². The van der Waals surface area contributed by atoms with Crippen LogP contribution in [0.4, 0.5) is 0 Å². The van der Waals surface area contributed by atoms with E-state index in [4.69, 9.17) is 9.47 Å². The molecule has 1 saturated heterocycles. The zero-order valence-corrected chi connectivity index (χ0v) is 13.0. The van der Waals surface area contributed by atoms with Gasteiger partial charge in [-0.1, -0.05) is 18.9 Å². The fourth-order valence-corrected chi connectivity index (χ4v) is 3.62. The first-order valence-corrected chi connectivity index (χ1v) is 8.00. The van der Waals surface area contributed by atoms with Crippen molar-refractivity contribution in [1.29, 1.82) is 0 Å². The lowest BCUT2D eigenvalue weighted by Crippen LogP contribution is -2.27. The summed E-state index contributed by atoms with van der Waals surface area (Å²) in [7, 11) is 0. The summed E-state index contributed by atoms with van der Waals surface area (Å²) in [6, 6.07) is 5.74. The van der Waals surface area contributed by atoms with E-state index in [1.165, 1.54) is 25.7 Å². The maximum absolute atomic E-state index is 11.7. The van der Waals surface area contributed by atoms with Gasteiger partial charge in [-0.2, -0.15) is 0 Å². The Bertz CT molecular complexity index is 529. The number of carbonyl (C=O) groups excluding carboxylic acids is 1. The quantitative estimate of drug-likeness (QED) is 0.783. The van der Waals surface area contributed by atoms with Crippen LogP contribution in [-0.2, 0) is 4.74 Å². The minimum atomic E-state index is 0.0459. The fourth-order valence-electron chi connectivity index (χ4n) is 3.62. The molecule has 21 heavy (non-hydrogen) atoms. The lowest BCUT2D eigenvalue weighted by atomic mass is 9.98. The summed E-state index contributed by atoms with van der Waals surface area (Å²) < 4.78 is 12.2. The number of hydrogen-bond acceptors (Lipinski definition) is 3. The summed E-state index contributed by atoms with van der Waals surface area (Å²) >= 11 is 0. The van der Waals surface area contributed by atoms with Crippen molar-refractivity contribution in [2.45, 2.75) is 64.1 Å². The van der Waals surface area contributed by atoms with Crippen LogP contribution in [-0.4, -0.2) is 24.1 Å². The Hall–Kier alpha value is -1.35. The molecule has 1 aliphatic carbocycles. The van der Waals surface area contributed by atoms with E-state index in [0.717, 1.165) is 18.4 Å². The Labute approximate surface area is 126 Å². The van der Waals surface area contributed by atoms with Crippen molar-refractivity contribution in [2.24, 2.45) is 0 Å². The Morgan fingerprint density at radius 1 is 1.33 bits per heavy atom. The molecule has 3 rings (SSSR count). The number of rotatable bonds is 4. The SMILES string of the molecule is CC(=O)c1ccc(C)cc1OCC1CCC2(CCCC2)O1. The summed E-state index contributed by atoms with van der Waals surface area (Å²) in [6.45, 7) is 4.14. The predicted molar refractivity (Wildman–Crippen MR) is 82.0 cm³/mol. The molecule has 1 unspecified atom stereocenters. The summed E-state index contributed by atoms with van der Waals surface area (Å²) in [5.74, 6) is 0.739. The molecule has 2 aliphatic rings. The smallest absolute Gasteiger partial charge is 0.163 e. The van der Waals surface area contributed by atoms with E-state index in [9.17, 15) is 4.79 Å². The van der Waals surface area contributed by atoms with Gasteiger partial charge < -0.3 is 9.47 Å². The van der Waals surface area contributed by atoms with Gasteiger partial charge in [0.05, 0.1) is 17.3 Å². The van der Waals surface area contributed by atoms with Gasteiger partial charge in [-0.15, -0.1) is 0 Å². The van der Waals surface area contributed by atoms with Crippen LogP contribution in [0.1, 0.15) is 61.4 Å². The number of ether oxygens (including phenoxy) is 2. The molecule has 1 saturated carbocycles. The zero-order chi connectivity index (χ0) is 14.9. The largest absolute Gasteiger partial charge is 0.490 e. The molecule has 1 heterocycles. The number of benzene rings is 1. The Balaban J connectivity index is 1.63.